The maximum absolute atomic E-state index is 11.6. The van der Waals surface area contributed by atoms with Crippen molar-refractivity contribution in [1.82, 2.24) is 5.43 Å². The van der Waals surface area contributed by atoms with E-state index in [0.29, 0.717) is 6.42 Å². The van der Waals surface area contributed by atoms with Crippen LogP contribution >= 0.6 is 0 Å². The molecule has 1 aromatic rings. The van der Waals surface area contributed by atoms with E-state index < -0.39 is 0 Å². The van der Waals surface area contributed by atoms with Crippen molar-refractivity contribution in [3.8, 4) is 0 Å². The van der Waals surface area contributed by atoms with E-state index in [2.05, 4.69) is 10.9 Å². The standard InChI is InChI=1S/C14H20N2O/c17-14(11-10-12-6-4-5-7-12)16-15-13-8-2-1-3-9-13/h1-3,8-9,12,15H,4-7,10-11H2,(H,16,17). The van der Waals surface area contributed by atoms with Crippen molar-refractivity contribution < 1.29 is 4.79 Å². The van der Waals surface area contributed by atoms with Gasteiger partial charge in [-0.25, -0.2) is 0 Å². The Bertz CT molecular complexity index is 344. The first-order valence-corrected chi connectivity index (χ1v) is 6.44. The summed E-state index contributed by atoms with van der Waals surface area (Å²) >= 11 is 0. The van der Waals surface area contributed by atoms with Crippen molar-refractivity contribution in [2.45, 2.75) is 38.5 Å². The summed E-state index contributed by atoms with van der Waals surface area (Å²) in [6.45, 7) is 0. The number of hydrogen-bond acceptors (Lipinski definition) is 2. The lowest BCUT2D eigenvalue weighted by Gasteiger charge is -2.10. The number of hydrogen-bond donors (Lipinski definition) is 2. The number of amides is 1. The number of rotatable bonds is 5. The summed E-state index contributed by atoms with van der Waals surface area (Å²) in [6, 6.07) is 9.68. The number of benzene rings is 1. The first kappa shape index (κ1) is 12.0. The van der Waals surface area contributed by atoms with Gasteiger partial charge in [0.1, 0.15) is 0 Å². The van der Waals surface area contributed by atoms with Crippen LogP contribution in [-0.4, -0.2) is 5.91 Å². The molecule has 0 bridgehead atoms. The molecule has 1 aliphatic rings. The van der Waals surface area contributed by atoms with Crippen LogP contribution in [0.1, 0.15) is 38.5 Å². The van der Waals surface area contributed by atoms with Crippen molar-refractivity contribution in [2.75, 3.05) is 5.43 Å². The molecule has 0 aliphatic heterocycles. The molecule has 0 heterocycles. The van der Waals surface area contributed by atoms with Crippen LogP contribution in [0.25, 0.3) is 0 Å². The molecule has 0 unspecified atom stereocenters. The van der Waals surface area contributed by atoms with Gasteiger partial charge in [0, 0.05) is 6.42 Å². The van der Waals surface area contributed by atoms with Gasteiger partial charge >= 0.3 is 0 Å². The largest absolute Gasteiger partial charge is 0.299 e. The first-order chi connectivity index (χ1) is 8.34. The maximum atomic E-state index is 11.6. The fraction of sp³-hybridized carbons (Fsp3) is 0.500. The Kier molecular flexibility index (Phi) is 4.42. The molecule has 1 aliphatic carbocycles. The number of carbonyl (C=O) groups is 1. The van der Waals surface area contributed by atoms with Gasteiger partial charge in [-0.1, -0.05) is 43.9 Å². The molecule has 0 saturated heterocycles. The van der Waals surface area contributed by atoms with Crippen LogP contribution in [0.2, 0.25) is 0 Å². The molecule has 1 saturated carbocycles. The quantitative estimate of drug-likeness (QED) is 0.766. The monoisotopic (exact) mass is 232 g/mol. The van der Waals surface area contributed by atoms with Crippen LogP contribution in [0.3, 0.4) is 0 Å². The lowest BCUT2D eigenvalue weighted by molar-refractivity contribution is -0.120. The SMILES string of the molecule is O=C(CCC1CCCC1)NNc1ccccc1. The molecule has 0 aromatic heterocycles. The van der Waals surface area contributed by atoms with Crippen molar-refractivity contribution in [2.24, 2.45) is 5.92 Å². The van der Waals surface area contributed by atoms with Crippen LogP contribution in [0, 0.1) is 5.92 Å². The van der Waals surface area contributed by atoms with Gasteiger partial charge in [0.05, 0.1) is 5.69 Å². The Morgan fingerprint density at radius 3 is 2.59 bits per heavy atom. The van der Waals surface area contributed by atoms with Gasteiger partial charge in [-0.15, -0.1) is 0 Å². The van der Waals surface area contributed by atoms with E-state index in [0.717, 1.165) is 18.0 Å². The Balaban J connectivity index is 1.64. The van der Waals surface area contributed by atoms with E-state index in [4.69, 9.17) is 0 Å². The lowest BCUT2D eigenvalue weighted by Crippen LogP contribution is -2.29. The third-order valence-corrected chi connectivity index (χ3v) is 3.37. The highest BCUT2D eigenvalue weighted by Gasteiger charge is 2.15. The van der Waals surface area contributed by atoms with Crippen molar-refractivity contribution >= 4 is 11.6 Å². The maximum Gasteiger partial charge on any atom is 0.238 e. The van der Waals surface area contributed by atoms with Gasteiger partial charge in [0.15, 0.2) is 0 Å². The van der Waals surface area contributed by atoms with E-state index >= 15 is 0 Å². The molecule has 0 atom stereocenters. The Labute approximate surface area is 103 Å². The highest BCUT2D eigenvalue weighted by molar-refractivity contribution is 5.77. The average molecular weight is 232 g/mol. The van der Waals surface area contributed by atoms with Crippen molar-refractivity contribution in [3.05, 3.63) is 30.3 Å². The van der Waals surface area contributed by atoms with Crippen LogP contribution in [-0.2, 0) is 4.79 Å². The minimum atomic E-state index is 0.0840. The van der Waals surface area contributed by atoms with Crippen LogP contribution < -0.4 is 10.9 Å². The lowest BCUT2D eigenvalue weighted by atomic mass is 10.0. The molecule has 92 valence electrons. The zero-order valence-corrected chi connectivity index (χ0v) is 10.1. The Hall–Kier alpha value is -1.51. The fourth-order valence-electron chi connectivity index (χ4n) is 2.36. The molecule has 17 heavy (non-hydrogen) atoms. The predicted molar refractivity (Wildman–Crippen MR) is 69.4 cm³/mol. The molecule has 3 heteroatoms. The van der Waals surface area contributed by atoms with Crippen LogP contribution in [0.4, 0.5) is 5.69 Å². The van der Waals surface area contributed by atoms with Gasteiger partial charge in [-0.3, -0.25) is 15.6 Å². The van der Waals surface area contributed by atoms with E-state index in [1.807, 2.05) is 30.3 Å². The third-order valence-electron chi connectivity index (χ3n) is 3.37. The normalized spacial score (nSPS) is 15.8. The highest BCUT2D eigenvalue weighted by atomic mass is 16.2. The minimum Gasteiger partial charge on any atom is -0.299 e. The molecule has 3 nitrogen and oxygen atoms in total. The van der Waals surface area contributed by atoms with Gasteiger partial charge in [0.2, 0.25) is 5.91 Å². The molecule has 1 aromatic carbocycles. The second-order valence-electron chi connectivity index (χ2n) is 4.73. The van der Waals surface area contributed by atoms with Gasteiger partial charge in [0.25, 0.3) is 0 Å². The summed E-state index contributed by atoms with van der Waals surface area (Å²) in [4.78, 5) is 11.6. The first-order valence-electron chi connectivity index (χ1n) is 6.44. The minimum absolute atomic E-state index is 0.0840. The van der Waals surface area contributed by atoms with Gasteiger partial charge in [-0.05, 0) is 24.5 Å². The summed E-state index contributed by atoms with van der Waals surface area (Å²) in [7, 11) is 0. The third kappa shape index (κ3) is 4.10. The van der Waals surface area contributed by atoms with Crippen molar-refractivity contribution in [3.63, 3.8) is 0 Å². The summed E-state index contributed by atoms with van der Waals surface area (Å²) < 4.78 is 0. The molecule has 1 fully saturated rings. The second-order valence-corrected chi connectivity index (χ2v) is 4.73. The average Bonchev–Trinajstić information content (AvgIpc) is 2.88. The second kappa shape index (κ2) is 6.28. The van der Waals surface area contributed by atoms with Crippen LogP contribution in [0.15, 0.2) is 30.3 Å². The summed E-state index contributed by atoms with van der Waals surface area (Å²) in [5, 5.41) is 0. The number of carbonyl (C=O) groups excluding carboxylic acids is 1. The highest BCUT2D eigenvalue weighted by Crippen LogP contribution is 2.28. The smallest absolute Gasteiger partial charge is 0.238 e. The van der Waals surface area contributed by atoms with Gasteiger partial charge < -0.3 is 0 Å². The Morgan fingerprint density at radius 2 is 1.88 bits per heavy atom. The van der Waals surface area contributed by atoms with E-state index in [1.54, 1.807) is 0 Å². The molecular formula is C14H20N2O. The fourth-order valence-corrected chi connectivity index (χ4v) is 2.36. The van der Waals surface area contributed by atoms with E-state index in [-0.39, 0.29) is 5.91 Å². The predicted octanol–water partition coefficient (Wildman–Crippen LogP) is 3.10. The molecule has 2 rings (SSSR count). The van der Waals surface area contributed by atoms with E-state index in [9.17, 15) is 4.79 Å². The van der Waals surface area contributed by atoms with Crippen LogP contribution in [0.5, 0.6) is 0 Å². The molecular weight excluding hydrogens is 212 g/mol. The summed E-state index contributed by atoms with van der Waals surface area (Å²) in [5.41, 5.74) is 6.57. The zero-order valence-electron chi connectivity index (χ0n) is 10.1. The molecule has 0 spiro atoms. The summed E-state index contributed by atoms with van der Waals surface area (Å²) in [5.74, 6) is 0.859. The number of hydrazine groups is 1. The molecule has 1 amide bonds. The molecule has 2 N–H and O–H groups in total. The van der Waals surface area contributed by atoms with Crippen molar-refractivity contribution in [1.29, 1.82) is 0 Å². The number of para-hydroxylation sites is 1. The zero-order chi connectivity index (χ0) is 11.9. The summed E-state index contributed by atoms with van der Waals surface area (Å²) in [6.07, 6.45) is 6.95. The number of nitrogens with one attached hydrogen (secondary N) is 2. The molecule has 0 radical (unpaired) electrons. The van der Waals surface area contributed by atoms with E-state index in [1.165, 1.54) is 25.7 Å². The Morgan fingerprint density at radius 1 is 1.18 bits per heavy atom. The number of anilines is 1. The van der Waals surface area contributed by atoms with Gasteiger partial charge in [-0.2, -0.15) is 0 Å². The topological polar surface area (TPSA) is 41.1 Å².